The maximum absolute atomic E-state index is 12.5. The van der Waals surface area contributed by atoms with Crippen LogP contribution in [0.15, 0.2) is 47.4 Å². The lowest BCUT2D eigenvalue weighted by atomic mass is 10.1. The van der Waals surface area contributed by atoms with E-state index in [1.54, 1.807) is 19.2 Å². The Morgan fingerprint density at radius 2 is 1.67 bits per heavy atom. The Hall–Kier alpha value is -1.85. The van der Waals surface area contributed by atoms with Gasteiger partial charge in [-0.3, -0.25) is 0 Å². The zero-order valence-electron chi connectivity index (χ0n) is 12.5. The van der Waals surface area contributed by atoms with Gasteiger partial charge in [0.1, 0.15) is 0 Å². The summed E-state index contributed by atoms with van der Waals surface area (Å²) < 4.78 is 26.4. The van der Waals surface area contributed by atoms with Gasteiger partial charge in [0.2, 0.25) is 10.0 Å². The van der Waals surface area contributed by atoms with Crippen molar-refractivity contribution in [3.8, 4) is 0 Å². The molecule has 2 N–H and O–H groups in total. The zero-order valence-corrected chi connectivity index (χ0v) is 13.3. The predicted octanol–water partition coefficient (Wildman–Crippen LogP) is 2.71. The zero-order chi connectivity index (χ0) is 15.6. The minimum Gasteiger partial charge on any atom is -0.398 e. The summed E-state index contributed by atoms with van der Waals surface area (Å²) in [6.45, 7) is 4.18. The van der Waals surface area contributed by atoms with Crippen molar-refractivity contribution in [2.75, 3.05) is 12.8 Å². The highest BCUT2D eigenvalue weighted by molar-refractivity contribution is 7.89. The predicted molar refractivity (Wildman–Crippen MR) is 85.4 cm³/mol. The molecule has 0 saturated heterocycles. The van der Waals surface area contributed by atoms with Gasteiger partial charge in [-0.05, 0) is 37.1 Å². The minimum atomic E-state index is -3.53. The fraction of sp³-hybridized carbons (Fsp3) is 0.250. The van der Waals surface area contributed by atoms with Gasteiger partial charge in [-0.1, -0.05) is 35.9 Å². The molecule has 0 aromatic heterocycles. The Morgan fingerprint density at radius 3 is 2.24 bits per heavy atom. The molecular formula is C16H20N2O2S. The normalized spacial score (nSPS) is 11.8. The van der Waals surface area contributed by atoms with Crippen LogP contribution in [0.5, 0.6) is 0 Å². The Balaban J connectivity index is 2.25. The van der Waals surface area contributed by atoms with Crippen LogP contribution >= 0.6 is 0 Å². The Labute approximate surface area is 126 Å². The van der Waals surface area contributed by atoms with E-state index < -0.39 is 10.0 Å². The molecular weight excluding hydrogens is 284 g/mol. The SMILES string of the molecule is Cc1ccc(CN(C)S(=O)(=O)c2ccc(C)c(N)c2)cc1. The molecule has 0 unspecified atom stereocenters. The van der Waals surface area contributed by atoms with Crippen LogP contribution < -0.4 is 5.73 Å². The Kier molecular flexibility index (Phi) is 4.34. The number of benzene rings is 2. The van der Waals surface area contributed by atoms with Gasteiger partial charge in [0.15, 0.2) is 0 Å². The van der Waals surface area contributed by atoms with Crippen molar-refractivity contribution in [1.82, 2.24) is 4.31 Å². The molecule has 4 nitrogen and oxygen atoms in total. The average molecular weight is 304 g/mol. The van der Waals surface area contributed by atoms with Gasteiger partial charge < -0.3 is 5.73 Å². The van der Waals surface area contributed by atoms with Gasteiger partial charge in [-0.25, -0.2) is 8.42 Å². The van der Waals surface area contributed by atoms with E-state index in [1.165, 1.54) is 10.4 Å². The summed E-state index contributed by atoms with van der Waals surface area (Å²) in [5.41, 5.74) is 9.26. The smallest absolute Gasteiger partial charge is 0.243 e. The monoisotopic (exact) mass is 304 g/mol. The van der Waals surface area contributed by atoms with Gasteiger partial charge in [0.05, 0.1) is 4.90 Å². The van der Waals surface area contributed by atoms with Crippen LogP contribution in [0, 0.1) is 13.8 Å². The van der Waals surface area contributed by atoms with E-state index in [1.807, 2.05) is 38.1 Å². The molecule has 0 atom stereocenters. The van der Waals surface area contributed by atoms with Crippen molar-refractivity contribution in [3.63, 3.8) is 0 Å². The van der Waals surface area contributed by atoms with Crippen LogP contribution in [0.25, 0.3) is 0 Å². The van der Waals surface area contributed by atoms with Gasteiger partial charge in [0.25, 0.3) is 0 Å². The summed E-state index contributed by atoms with van der Waals surface area (Å²) in [6.07, 6.45) is 0. The third kappa shape index (κ3) is 3.43. The number of sulfonamides is 1. The van der Waals surface area contributed by atoms with Gasteiger partial charge >= 0.3 is 0 Å². The van der Waals surface area contributed by atoms with Gasteiger partial charge in [0, 0.05) is 19.3 Å². The van der Waals surface area contributed by atoms with Crippen LogP contribution in [-0.2, 0) is 16.6 Å². The first kappa shape index (κ1) is 15.5. The lowest BCUT2D eigenvalue weighted by Crippen LogP contribution is -2.26. The molecule has 0 spiro atoms. The second kappa shape index (κ2) is 5.87. The van der Waals surface area contributed by atoms with E-state index in [-0.39, 0.29) is 4.90 Å². The molecule has 21 heavy (non-hydrogen) atoms. The van der Waals surface area contributed by atoms with Gasteiger partial charge in [-0.15, -0.1) is 0 Å². The number of anilines is 1. The van der Waals surface area contributed by atoms with Gasteiger partial charge in [-0.2, -0.15) is 4.31 Å². The van der Waals surface area contributed by atoms with E-state index in [9.17, 15) is 8.42 Å². The lowest BCUT2D eigenvalue weighted by Gasteiger charge is -2.18. The highest BCUT2D eigenvalue weighted by Gasteiger charge is 2.21. The molecule has 2 aromatic rings. The number of hydrogen-bond donors (Lipinski definition) is 1. The van der Waals surface area contributed by atoms with E-state index >= 15 is 0 Å². The summed E-state index contributed by atoms with van der Waals surface area (Å²) in [7, 11) is -1.96. The van der Waals surface area contributed by atoms with Crippen molar-refractivity contribution in [1.29, 1.82) is 0 Å². The highest BCUT2D eigenvalue weighted by Crippen LogP contribution is 2.21. The van der Waals surface area contributed by atoms with E-state index in [0.29, 0.717) is 12.2 Å². The molecule has 2 aromatic carbocycles. The number of nitrogens with two attached hydrogens (primary N) is 1. The van der Waals surface area contributed by atoms with E-state index in [2.05, 4.69) is 0 Å². The summed E-state index contributed by atoms with van der Waals surface area (Å²) >= 11 is 0. The van der Waals surface area contributed by atoms with Crippen LogP contribution in [0.1, 0.15) is 16.7 Å². The summed E-state index contributed by atoms with van der Waals surface area (Å²) in [5.74, 6) is 0. The van der Waals surface area contributed by atoms with Crippen molar-refractivity contribution < 1.29 is 8.42 Å². The Bertz CT molecular complexity index is 737. The quantitative estimate of drug-likeness (QED) is 0.883. The molecule has 0 radical (unpaired) electrons. The molecule has 0 aliphatic heterocycles. The molecule has 0 heterocycles. The number of nitrogens with zero attached hydrogens (tertiary/aromatic N) is 1. The lowest BCUT2D eigenvalue weighted by molar-refractivity contribution is 0.467. The molecule has 0 amide bonds. The number of hydrogen-bond acceptors (Lipinski definition) is 3. The molecule has 0 bridgehead atoms. The van der Waals surface area contributed by atoms with Crippen LogP contribution in [-0.4, -0.2) is 19.8 Å². The van der Waals surface area contributed by atoms with Crippen molar-refractivity contribution in [2.24, 2.45) is 0 Å². The molecule has 5 heteroatoms. The summed E-state index contributed by atoms with van der Waals surface area (Å²) in [6, 6.07) is 12.6. The van der Waals surface area contributed by atoms with E-state index in [0.717, 1.165) is 16.7 Å². The summed E-state index contributed by atoms with van der Waals surface area (Å²) in [4.78, 5) is 0.222. The topological polar surface area (TPSA) is 63.4 Å². The molecule has 0 aliphatic rings. The van der Waals surface area contributed by atoms with Crippen molar-refractivity contribution in [3.05, 3.63) is 59.2 Å². The summed E-state index contributed by atoms with van der Waals surface area (Å²) in [5, 5.41) is 0. The third-order valence-corrected chi connectivity index (χ3v) is 5.28. The molecule has 0 saturated carbocycles. The third-order valence-electron chi connectivity index (χ3n) is 3.48. The molecule has 0 aliphatic carbocycles. The van der Waals surface area contributed by atoms with Crippen LogP contribution in [0.4, 0.5) is 5.69 Å². The first-order valence-electron chi connectivity index (χ1n) is 6.69. The van der Waals surface area contributed by atoms with Crippen molar-refractivity contribution >= 4 is 15.7 Å². The maximum atomic E-state index is 12.5. The number of nitrogen functional groups attached to an aromatic ring is 1. The second-order valence-electron chi connectivity index (χ2n) is 5.27. The molecule has 112 valence electrons. The fourth-order valence-corrected chi connectivity index (χ4v) is 3.19. The minimum absolute atomic E-state index is 0.222. The Morgan fingerprint density at radius 1 is 1.05 bits per heavy atom. The highest BCUT2D eigenvalue weighted by atomic mass is 32.2. The first-order chi connectivity index (χ1) is 9.80. The molecule has 2 rings (SSSR count). The standard InChI is InChI=1S/C16H20N2O2S/c1-12-4-7-14(8-5-12)11-18(3)21(19,20)15-9-6-13(2)16(17)10-15/h4-10H,11,17H2,1-3H3. The first-order valence-corrected chi connectivity index (χ1v) is 8.13. The average Bonchev–Trinajstić information content (AvgIpc) is 2.44. The largest absolute Gasteiger partial charge is 0.398 e. The number of rotatable bonds is 4. The van der Waals surface area contributed by atoms with Crippen LogP contribution in [0.3, 0.4) is 0 Å². The fourth-order valence-electron chi connectivity index (χ4n) is 1.99. The maximum Gasteiger partial charge on any atom is 0.243 e. The number of aryl methyl sites for hydroxylation is 2. The second-order valence-corrected chi connectivity index (χ2v) is 7.31. The molecule has 0 fully saturated rings. The van der Waals surface area contributed by atoms with Crippen molar-refractivity contribution in [2.45, 2.75) is 25.3 Å². The van der Waals surface area contributed by atoms with E-state index in [4.69, 9.17) is 5.73 Å². The van der Waals surface area contributed by atoms with Crippen LogP contribution in [0.2, 0.25) is 0 Å².